The van der Waals surface area contributed by atoms with Crippen LogP contribution < -0.4 is 5.32 Å². The summed E-state index contributed by atoms with van der Waals surface area (Å²) in [7, 11) is 0. The highest BCUT2D eigenvalue weighted by molar-refractivity contribution is 6.11. The van der Waals surface area contributed by atoms with Gasteiger partial charge in [-0.25, -0.2) is 4.79 Å². The van der Waals surface area contributed by atoms with Gasteiger partial charge >= 0.3 is 6.03 Å². The number of rotatable bonds is 3. The molecule has 126 valence electrons. The van der Waals surface area contributed by atoms with Crippen LogP contribution >= 0.6 is 0 Å². The highest BCUT2D eigenvalue weighted by Crippen LogP contribution is 2.29. The SMILES string of the molecule is O=C(CN1C(=O)NC2(CCOCC2)C1=O)c1ccc2c(c1)CCC2. The Balaban J connectivity index is 1.51. The number of amides is 3. The molecular formula is C18H20N2O4. The second-order valence-electron chi connectivity index (χ2n) is 6.78. The predicted molar refractivity (Wildman–Crippen MR) is 85.8 cm³/mol. The van der Waals surface area contributed by atoms with Crippen molar-refractivity contribution in [3.63, 3.8) is 0 Å². The Labute approximate surface area is 140 Å². The summed E-state index contributed by atoms with van der Waals surface area (Å²) < 4.78 is 5.28. The van der Waals surface area contributed by atoms with Gasteiger partial charge in [0.25, 0.3) is 5.91 Å². The average Bonchev–Trinajstić information content (AvgIpc) is 3.14. The molecule has 3 amide bonds. The van der Waals surface area contributed by atoms with Gasteiger partial charge in [0.2, 0.25) is 0 Å². The number of aryl methyl sites for hydroxylation is 2. The maximum atomic E-state index is 12.7. The van der Waals surface area contributed by atoms with E-state index in [0.717, 1.165) is 24.2 Å². The average molecular weight is 328 g/mol. The van der Waals surface area contributed by atoms with Crippen molar-refractivity contribution in [3.8, 4) is 0 Å². The number of imide groups is 1. The first kappa shape index (κ1) is 15.3. The van der Waals surface area contributed by atoms with Crippen LogP contribution in [0.5, 0.6) is 0 Å². The van der Waals surface area contributed by atoms with E-state index < -0.39 is 11.6 Å². The van der Waals surface area contributed by atoms with Crippen molar-refractivity contribution in [2.75, 3.05) is 19.8 Å². The molecule has 0 aromatic heterocycles. The Morgan fingerprint density at radius 2 is 1.92 bits per heavy atom. The van der Waals surface area contributed by atoms with Gasteiger partial charge in [-0.3, -0.25) is 14.5 Å². The van der Waals surface area contributed by atoms with E-state index in [4.69, 9.17) is 4.74 Å². The summed E-state index contributed by atoms with van der Waals surface area (Å²) in [6.07, 6.45) is 4.08. The lowest BCUT2D eigenvalue weighted by Gasteiger charge is -2.30. The van der Waals surface area contributed by atoms with E-state index in [1.165, 1.54) is 11.1 Å². The third kappa shape index (κ3) is 2.41. The topological polar surface area (TPSA) is 75.7 Å². The smallest absolute Gasteiger partial charge is 0.325 e. The minimum absolute atomic E-state index is 0.197. The third-order valence-electron chi connectivity index (χ3n) is 5.31. The van der Waals surface area contributed by atoms with E-state index >= 15 is 0 Å². The van der Waals surface area contributed by atoms with Gasteiger partial charge < -0.3 is 10.1 Å². The van der Waals surface area contributed by atoms with Gasteiger partial charge in [-0.15, -0.1) is 0 Å². The minimum Gasteiger partial charge on any atom is -0.381 e. The Morgan fingerprint density at radius 1 is 1.17 bits per heavy atom. The number of ketones is 1. The summed E-state index contributed by atoms with van der Waals surface area (Å²) in [6.45, 7) is 0.684. The van der Waals surface area contributed by atoms with Crippen molar-refractivity contribution in [2.45, 2.75) is 37.6 Å². The van der Waals surface area contributed by atoms with Crippen molar-refractivity contribution in [1.29, 1.82) is 0 Å². The molecule has 6 nitrogen and oxygen atoms in total. The maximum Gasteiger partial charge on any atom is 0.325 e. The Kier molecular flexibility index (Phi) is 3.64. The summed E-state index contributed by atoms with van der Waals surface area (Å²) in [6, 6.07) is 5.22. The van der Waals surface area contributed by atoms with Crippen LogP contribution in [-0.2, 0) is 22.4 Å². The molecule has 6 heteroatoms. The largest absolute Gasteiger partial charge is 0.381 e. The van der Waals surface area contributed by atoms with Crippen LogP contribution in [0, 0.1) is 0 Å². The van der Waals surface area contributed by atoms with Crippen molar-refractivity contribution in [3.05, 3.63) is 34.9 Å². The second-order valence-corrected chi connectivity index (χ2v) is 6.78. The quantitative estimate of drug-likeness (QED) is 0.673. The maximum absolute atomic E-state index is 12.7. The molecule has 0 radical (unpaired) electrons. The summed E-state index contributed by atoms with van der Waals surface area (Å²) >= 11 is 0. The van der Waals surface area contributed by atoms with E-state index in [1.54, 1.807) is 6.07 Å². The minimum atomic E-state index is -0.881. The van der Waals surface area contributed by atoms with Crippen LogP contribution in [0.25, 0.3) is 0 Å². The third-order valence-corrected chi connectivity index (χ3v) is 5.31. The van der Waals surface area contributed by atoms with Crippen molar-refractivity contribution >= 4 is 17.7 Å². The summed E-state index contributed by atoms with van der Waals surface area (Å²) in [5, 5.41) is 2.77. The van der Waals surface area contributed by atoms with Gasteiger partial charge in [0.1, 0.15) is 5.54 Å². The number of ether oxygens (including phenoxy) is 1. The lowest BCUT2D eigenvalue weighted by molar-refractivity contribution is -0.134. The van der Waals surface area contributed by atoms with Crippen LogP contribution in [0.1, 0.15) is 40.7 Å². The van der Waals surface area contributed by atoms with Crippen LogP contribution in [0.15, 0.2) is 18.2 Å². The van der Waals surface area contributed by atoms with Gasteiger partial charge in [-0.2, -0.15) is 0 Å². The molecule has 2 saturated heterocycles. The molecule has 1 aliphatic carbocycles. The zero-order valence-corrected chi connectivity index (χ0v) is 13.5. The fourth-order valence-electron chi connectivity index (χ4n) is 3.86. The fraction of sp³-hybridized carbons (Fsp3) is 0.500. The lowest BCUT2D eigenvalue weighted by atomic mass is 9.90. The predicted octanol–water partition coefficient (Wildman–Crippen LogP) is 1.46. The van der Waals surface area contributed by atoms with E-state index in [0.29, 0.717) is 31.6 Å². The molecule has 1 spiro atoms. The van der Waals surface area contributed by atoms with Gasteiger partial charge in [0.15, 0.2) is 5.78 Å². The number of hydrogen-bond acceptors (Lipinski definition) is 4. The number of benzene rings is 1. The number of nitrogens with one attached hydrogen (secondary N) is 1. The van der Waals surface area contributed by atoms with Crippen LogP contribution in [0.4, 0.5) is 4.79 Å². The molecule has 2 heterocycles. The molecule has 1 aromatic rings. The molecule has 4 rings (SSSR count). The van der Waals surface area contributed by atoms with Crippen LogP contribution in [0.2, 0.25) is 0 Å². The molecule has 0 bridgehead atoms. The molecule has 1 N–H and O–H groups in total. The number of carbonyl (C=O) groups is 3. The highest BCUT2D eigenvalue weighted by Gasteiger charge is 2.52. The van der Waals surface area contributed by atoms with Crippen LogP contribution in [0.3, 0.4) is 0 Å². The monoisotopic (exact) mass is 328 g/mol. The van der Waals surface area contributed by atoms with E-state index in [-0.39, 0.29) is 18.2 Å². The van der Waals surface area contributed by atoms with E-state index in [1.807, 2.05) is 12.1 Å². The number of fused-ring (bicyclic) bond motifs is 1. The second kappa shape index (κ2) is 5.70. The van der Waals surface area contributed by atoms with Gasteiger partial charge in [-0.1, -0.05) is 12.1 Å². The molecule has 24 heavy (non-hydrogen) atoms. The molecule has 2 fully saturated rings. The van der Waals surface area contributed by atoms with E-state index in [2.05, 4.69) is 5.32 Å². The van der Waals surface area contributed by atoms with Gasteiger partial charge in [0, 0.05) is 31.6 Å². The van der Waals surface area contributed by atoms with Crippen LogP contribution in [-0.4, -0.2) is 47.9 Å². The molecule has 0 saturated carbocycles. The first-order chi connectivity index (χ1) is 11.6. The fourth-order valence-corrected chi connectivity index (χ4v) is 3.86. The van der Waals surface area contributed by atoms with Gasteiger partial charge in [-0.05, 0) is 36.5 Å². The molecular weight excluding hydrogens is 308 g/mol. The molecule has 0 unspecified atom stereocenters. The van der Waals surface area contributed by atoms with Gasteiger partial charge in [0.05, 0.1) is 6.54 Å². The van der Waals surface area contributed by atoms with Crippen molar-refractivity contribution < 1.29 is 19.1 Å². The highest BCUT2D eigenvalue weighted by atomic mass is 16.5. The lowest BCUT2D eigenvalue weighted by Crippen LogP contribution is -2.51. The number of nitrogens with zero attached hydrogens (tertiary/aromatic N) is 1. The number of Topliss-reactive ketones (excluding diaryl/α,β-unsaturated/α-hetero) is 1. The summed E-state index contributed by atoms with van der Waals surface area (Å²) in [4.78, 5) is 38.5. The zero-order chi connectivity index (χ0) is 16.7. The first-order valence-electron chi connectivity index (χ1n) is 8.46. The zero-order valence-electron chi connectivity index (χ0n) is 13.5. The normalized spacial score (nSPS) is 21.9. The summed E-state index contributed by atoms with van der Waals surface area (Å²) in [5.74, 6) is -0.498. The Bertz CT molecular complexity index is 722. The Hall–Kier alpha value is -2.21. The Morgan fingerprint density at radius 3 is 2.71 bits per heavy atom. The van der Waals surface area contributed by atoms with E-state index in [9.17, 15) is 14.4 Å². The van der Waals surface area contributed by atoms with Crippen molar-refractivity contribution in [2.24, 2.45) is 0 Å². The number of hydrogen-bond donors (Lipinski definition) is 1. The molecule has 0 atom stereocenters. The molecule has 2 aliphatic heterocycles. The number of carbonyl (C=O) groups excluding carboxylic acids is 3. The molecule has 1 aromatic carbocycles. The first-order valence-corrected chi connectivity index (χ1v) is 8.46. The molecule has 3 aliphatic rings. The number of urea groups is 1. The summed E-state index contributed by atoms with van der Waals surface area (Å²) in [5.41, 5.74) is 2.19. The van der Waals surface area contributed by atoms with Crippen molar-refractivity contribution in [1.82, 2.24) is 10.2 Å². The standard InChI is InChI=1S/C18H20N2O4/c21-15(14-5-4-12-2-1-3-13(12)10-14)11-20-16(22)18(19-17(20)23)6-8-24-9-7-18/h4-5,10H,1-3,6-9,11H2,(H,19,23).